The van der Waals surface area contributed by atoms with Gasteiger partial charge < -0.3 is 10.3 Å². The number of aromatic nitrogens is 2. The topological polar surface area (TPSA) is 40.7 Å². The van der Waals surface area contributed by atoms with Crippen LogP contribution in [0, 0.1) is 6.92 Å². The van der Waals surface area contributed by atoms with Gasteiger partial charge in [0.25, 0.3) is 0 Å². The molecule has 1 fully saturated rings. The number of aryl methyl sites for hydroxylation is 1. The number of fused-ring (bicyclic) bond motifs is 1. The van der Waals surface area contributed by atoms with Crippen molar-refractivity contribution in [1.82, 2.24) is 15.3 Å². The molecule has 108 valence electrons. The van der Waals surface area contributed by atoms with Crippen LogP contribution in [0.25, 0.3) is 11.0 Å². The Morgan fingerprint density at radius 1 is 1.40 bits per heavy atom. The molecule has 1 saturated carbocycles. The fraction of sp³-hybridized carbons (Fsp3) is 0.562. The molecule has 0 saturated heterocycles. The second-order valence-corrected chi connectivity index (χ2v) is 6.94. The Hall–Kier alpha value is -1.00. The highest BCUT2D eigenvalue weighted by molar-refractivity contribution is 7.99. The zero-order chi connectivity index (χ0) is 13.9. The third-order valence-corrected chi connectivity index (χ3v) is 5.27. The number of rotatable bonds is 5. The summed E-state index contributed by atoms with van der Waals surface area (Å²) in [5.41, 5.74) is 3.51. The van der Waals surface area contributed by atoms with Gasteiger partial charge in [-0.15, -0.1) is 0 Å². The first-order valence-corrected chi connectivity index (χ1v) is 8.50. The van der Waals surface area contributed by atoms with Gasteiger partial charge in [-0.3, -0.25) is 0 Å². The lowest BCUT2D eigenvalue weighted by atomic mass is 10.2. The first-order chi connectivity index (χ1) is 9.76. The van der Waals surface area contributed by atoms with Crippen molar-refractivity contribution in [3.63, 3.8) is 0 Å². The summed E-state index contributed by atoms with van der Waals surface area (Å²) in [6.07, 6.45) is 5.13. The first-order valence-electron chi connectivity index (χ1n) is 7.62. The number of hydrogen-bond acceptors (Lipinski definition) is 3. The van der Waals surface area contributed by atoms with E-state index in [2.05, 4.69) is 42.3 Å². The van der Waals surface area contributed by atoms with Crippen LogP contribution in [0.1, 0.15) is 38.2 Å². The average Bonchev–Trinajstić information content (AvgIpc) is 3.02. The molecule has 20 heavy (non-hydrogen) atoms. The predicted molar refractivity (Wildman–Crippen MR) is 86.4 cm³/mol. The average molecular weight is 289 g/mol. The van der Waals surface area contributed by atoms with E-state index in [-0.39, 0.29) is 0 Å². The first kappa shape index (κ1) is 14.0. The molecule has 3 rings (SSSR count). The highest BCUT2D eigenvalue weighted by Crippen LogP contribution is 2.34. The fourth-order valence-electron chi connectivity index (χ4n) is 2.93. The molecule has 1 aliphatic rings. The third kappa shape index (κ3) is 3.01. The largest absolute Gasteiger partial charge is 0.333 e. The van der Waals surface area contributed by atoms with E-state index < -0.39 is 0 Å². The molecule has 2 N–H and O–H groups in total. The van der Waals surface area contributed by atoms with Crippen molar-refractivity contribution < 1.29 is 0 Å². The van der Waals surface area contributed by atoms with Crippen molar-refractivity contribution >= 4 is 22.8 Å². The minimum Gasteiger partial charge on any atom is -0.333 e. The van der Waals surface area contributed by atoms with Crippen molar-refractivity contribution in [3.8, 4) is 0 Å². The van der Waals surface area contributed by atoms with Gasteiger partial charge in [-0.25, -0.2) is 4.98 Å². The summed E-state index contributed by atoms with van der Waals surface area (Å²) in [5, 5.41) is 5.41. The summed E-state index contributed by atoms with van der Waals surface area (Å²) < 4.78 is 0. The molecule has 2 aromatic rings. The number of nitrogens with zero attached hydrogens (tertiary/aromatic N) is 1. The summed E-state index contributed by atoms with van der Waals surface area (Å²) in [7, 11) is 0. The quantitative estimate of drug-likeness (QED) is 0.877. The maximum Gasteiger partial charge on any atom is 0.166 e. The van der Waals surface area contributed by atoms with E-state index in [1.807, 2.05) is 11.8 Å². The minimum absolute atomic E-state index is 0.648. The Balaban J connectivity index is 1.71. The molecule has 1 aliphatic carbocycles. The van der Waals surface area contributed by atoms with Gasteiger partial charge in [0.15, 0.2) is 5.16 Å². The van der Waals surface area contributed by atoms with E-state index >= 15 is 0 Å². The van der Waals surface area contributed by atoms with Crippen molar-refractivity contribution in [2.45, 2.75) is 56.0 Å². The molecule has 2 unspecified atom stereocenters. The van der Waals surface area contributed by atoms with Crippen molar-refractivity contribution in [2.75, 3.05) is 6.54 Å². The Kier molecular flexibility index (Phi) is 4.32. The van der Waals surface area contributed by atoms with Crippen LogP contribution in [0.15, 0.2) is 23.4 Å². The number of nitrogens with one attached hydrogen (secondary N) is 2. The van der Waals surface area contributed by atoms with Gasteiger partial charge in [0.2, 0.25) is 0 Å². The van der Waals surface area contributed by atoms with Crippen LogP contribution >= 0.6 is 11.8 Å². The Morgan fingerprint density at radius 3 is 3.15 bits per heavy atom. The summed E-state index contributed by atoms with van der Waals surface area (Å²) in [5.74, 6) is 0. The lowest BCUT2D eigenvalue weighted by molar-refractivity contribution is 0.530. The van der Waals surface area contributed by atoms with E-state index in [9.17, 15) is 0 Å². The molecular formula is C16H23N3S. The number of H-pyrrole nitrogens is 1. The van der Waals surface area contributed by atoms with Crippen LogP contribution in [0.2, 0.25) is 0 Å². The summed E-state index contributed by atoms with van der Waals surface area (Å²) in [6, 6.07) is 7.05. The predicted octanol–water partition coefficient (Wildman–Crippen LogP) is 3.88. The van der Waals surface area contributed by atoms with E-state index in [0.717, 1.165) is 22.7 Å². The number of benzene rings is 1. The molecule has 1 aromatic heterocycles. The molecule has 0 radical (unpaired) electrons. The minimum atomic E-state index is 0.648. The standard InChI is InChI=1S/C16H23N3S/c1-3-9-17-13-5-4-6-15(13)20-16-18-12-8-7-11(2)10-14(12)19-16/h7-8,10,13,15,17H,3-6,9H2,1-2H3,(H,18,19). The molecule has 0 bridgehead atoms. The van der Waals surface area contributed by atoms with E-state index in [1.54, 1.807) is 0 Å². The van der Waals surface area contributed by atoms with Gasteiger partial charge in [-0.2, -0.15) is 0 Å². The van der Waals surface area contributed by atoms with Crippen LogP contribution in [0.4, 0.5) is 0 Å². The zero-order valence-electron chi connectivity index (χ0n) is 12.3. The van der Waals surface area contributed by atoms with Crippen LogP contribution in [-0.2, 0) is 0 Å². The molecule has 1 aromatic carbocycles. The smallest absolute Gasteiger partial charge is 0.166 e. The molecule has 2 atom stereocenters. The lowest BCUT2D eigenvalue weighted by Gasteiger charge is -2.19. The van der Waals surface area contributed by atoms with Crippen molar-refractivity contribution in [2.24, 2.45) is 0 Å². The van der Waals surface area contributed by atoms with Crippen LogP contribution < -0.4 is 5.32 Å². The van der Waals surface area contributed by atoms with Crippen LogP contribution in [-0.4, -0.2) is 27.8 Å². The fourth-order valence-corrected chi connectivity index (χ4v) is 4.22. The van der Waals surface area contributed by atoms with Gasteiger partial charge in [-0.1, -0.05) is 31.2 Å². The number of imidazole rings is 1. The van der Waals surface area contributed by atoms with E-state index in [0.29, 0.717) is 11.3 Å². The maximum absolute atomic E-state index is 4.71. The Labute approximate surface area is 124 Å². The van der Waals surface area contributed by atoms with Crippen molar-refractivity contribution in [3.05, 3.63) is 23.8 Å². The molecule has 0 aliphatic heterocycles. The summed E-state index contributed by atoms with van der Waals surface area (Å²) in [4.78, 5) is 8.18. The lowest BCUT2D eigenvalue weighted by Crippen LogP contribution is -2.34. The van der Waals surface area contributed by atoms with Gasteiger partial charge in [0, 0.05) is 11.3 Å². The van der Waals surface area contributed by atoms with Gasteiger partial charge in [-0.05, 0) is 50.4 Å². The SMILES string of the molecule is CCCNC1CCCC1Sc1nc2ccc(C)cc2[nH]1. The second kappa shape index (κ2) is 6.19. The van der Waals surface area contributed by atoms with Gasteiger partial charge in [0.05, 0.1) is 11.0 Å². The van der Waals surface area contributed by atoms with Crippen LogP contribution in [0.3, 0.4) is 0 Å². The summed E-state index contributed by atoms with van der Waals surface area (Å²) >= 11 is 1.91. The molecule has 1 heterocycles. The number of aromatic amines is 1. The highest BCUT2D eigenvalue weighted by atomic mass is 32.2. The van der Waals surface area contributed by atoms with Crippen LogP contribution in [0.5, 0.6) is 0 Å². The van der Waals surface area contributed by atoms with E-state index in [1.165, 1.54) is 31.2 Å². The molecular weight excluding hydrogens is 266 g/mol. The monoisotopic (exact) mass is 289 g/mol. The normalized spacial score (nSPS) is 22.7. The molecule has 0 amide bonds. The Morgan fingerprint density at radius 2 is 2.30 bits per heavy atom. The zero-order valence-corrected chi connectivity index (χ0v) is 13.1. The summed E-state index contributed by atoms with van der Waals surface area (Å²) in [6.45, 7) is 5.47. The molecule has 4 heteroatoms. The van der Waals surface area contributed by atoms with E-state index in [4.69, 9.17) is 4.98 Å². The second-order valence-electron chi connectivity index (χ2n) is 5.71. The maximum atomic E-state index is 4.71. The number of hydrogen-bond donors (Lipinski definition) is 2. The van der Waals surface area contributed by atoms with Gasteiger partial charge in [0.1, 0.15) is 0 Å². The van der Waals surface area contributed by atoms with Crippen molar-refractivity contribution in [1.29, 1.82) is 0 Å². The van der Waals surface area contributed by atoms with Gasteiger partial charge >= 0.3 is 0 Å². The third-order valence-electron chi connectivity index (χ3n) is 3.99. The number of thioether (sulfide) groups is 1. The molecule has 3 nitrogen and oxygen atoms in total. The Bertz CT molecular complexity index is 578. The highest BCUT2D eigenvalue weighted by Gasteiger charge is 2.28. The molecule has 0 spiro atoms.